The predicted molar refractivity (Wildman–Crippen MR) is 84.0 cm³/mol. The molecule has 0 saturated carbocycles. The Morgan fingerprint density at radius 1 is 1.38 bits per heavy atom. The van der Waals surface area contributed by atoms with E-state index in [1.54, 1.807) is 6.92 Å². The summed E-state index contributed by atoms with van der Waals surface area (Å²) in [4.78, 5) is 15.9. The minimum absolute atomic E-state index is 0.0944. The highest BCUT2D eigenvalue weighted by Gasteiger charge is 2.30. The fourth-order valence-electron chi connectivity index (χ4n) is 2.68. The number of esters is 1. The van der Waals surface area contributed by atoms with Crippen molar-refractivity contribution in [2.75, 3.05) is 6.61 Å². The quantitative estimate of drug-likeness (QED) is 0.619. The van der Waals surface area contributed by atoms with Gasteiger partial charge in [0.2, 0.25) is 5.88 Å². The zero-order valence-corrected chi connectivity index (χ0v) is 13.6. The Bertz CT molecular complexity index is 798. The summed E-state index contributed by atoms with van der Waals surface area (Å²) < 4.78 is 37.8. The van der Waals surface area contributed by atoms with Crippen LogP contribution in [0.2, 0.25) is 5.15 Å². The lowest BCUT2D eigenvalue weighted by molar-refractivity contribution is -0.152. The van der Waals surface area contributed by atoms with Gasteiger partial charge in [-0.2, -0.15) is 0 Å². The van der Waals surface area contributed by atoms with E-state index >= 15 is 0 Å². The first kappa shape index (κ1) is 16.6. The van der Waals surface area contributed by atoms with Crippen molar-refractivity contribution >= 4 is 17.6 Å². The van der Waals surface area contributed by atoms with E-state index in [4.69, 9.17) is 21.1 Å². The number of hydrogen-bond donors (Lipinski definition) is 0. The molecule has 1 aliphatic heterocycles. The number of pyridine rings is 1. The number of carbonyl (C=O) groups is 1. The van der Waals surface area contributed by atoms with Gasteiger partial charge in [-0.1, -0.05) is 11.6 Å². The summed E-state index contributed by atoms with van der Waals surface area (Å²) in [5.41, 5.74) is 1.31. The third-order valence-corrected chi connectivity index (χ3v) is 3.93. The maximum atomic E-state index is 14.1. The topological polar surface area (TPSA) is 48.4 Å². The van der Waals surface area contributed by atoms with Gasteiger partial charge < -0.3 is 9.47 Å². The Morgan fingerprint density at radius 3 is 2.88 bits per heavy atom. The first-order chi connectivity index (χ1) is 11.5. The third-order valence-electron chi connectivity index (χ3n) is 3.74. The molecule has 0 aliphatic carbocycles. The summed E-state index contributed by atoms with van der Waals surface area (Å²) in [6.07, 6.45) is 0.0504. The summed E-state index contributed by atoms with van der Waals surface area (Å²) in [6.45, 7) is 1.96. The van der Waals surface area contributed by atoms with Gasteiger partial charge in [-0.15, -0.1) is 0 Å². The normalized spacial score (nSPS) is 16.2. The molecule has 0 amide bonds. The van der Waals surface area contributed by atoms with Crippen LogP contribution in [-0.4, -0.2) is 23.7 Å². The zero-order valence-electron chi connectivity index (χ0n) is 12.8. The van der Waals surface area contributed by atoms with Crippen molar-refractivity contribution in [2.45, 2.75) is 25.9 Å². The fraction of sp³-hybridized carbons (Fsp3) is 0.294. The zero-order chi connectivity index (χ0) is 17.3. The lowest BCUT2D eigenvalue weighted by atomic mass is 9.95. The number of halogens is 3. The van der Waals surface area contributed by atoms with Crippen LogP contribution in [0.25, 0.3) is 11.1 Å². The summed E-state index contributed by atoms with van der Waals surface area (Å²) in [5.74, 6) is -1.67. The van der Waals surface area contributed by atoms with Crippen LogP contribution < -0.4 is 4.74 Å². The average molecular weight is 354 g/mol. The van der Waals surface area contributed by atoms with Crippen molar-refractivity contribution in [1.82, 2.24) is 4.98 Å². The molecular weight excluding hydrogens is 340 g/mol. The van der Waals surface area contributed by atoms with E-state index in [0.717, 1.165) is 6.07 Å². The minimum atomic E-state index is -0.769. The van der Waals surface area contributed by atoms with Gasteiger partial charge in [0.15, 0.2) is 6.10 Å². The molecule has 7 heteroatoms. The summed E-state index contributed by atoms with van der Waals surface area (Å²) in [7, 11) is 0. The van der Waals surface area contributed by atoms with Crippen LogP contribution in [0, 0.1) is 11.6 Å². The molecule has 1 aromatic carbocycles. The number of carbonyl (C=O) groups excluding carboxylic acids is 1. The van der Waals surface area contributed by atoms with Gasteiger partial charge in [0.25, 0.3) is 0 Å². The number of benzene rings is 1. The maximum absolute atomic E-state index is 14.1. The van der Waals surface area contributed by atoms with E-state index in [1.807, 2.05) is 0 Å². The molecule has 0 fully saturated rings. The van der Waals surface area contributed by atoms with E-state index in [0.29, 0.717) is 24.0 Å². The monoisotopic (exact) mass is 353 g/mol. The SMILES string of the molecule is CCOC(=O)C1CCc2c(-c3ccc(F)cc3F)cc(Cl)nc2O1. The van der Waals surface area contributed by atoms with Gasteiger partial charge in [-0.3, -0.25) is 0 Å². The second kappa shape index (κ2) is 6.73. The molecule has 4 nitrogen and oxygen atoms in total. The molecule has 2 heterocycles. The van der Waals surface area contributed by atoms with E-state index in [2.05, 4.69) is 4.98 Å². The molecule has 24 heavy (non-hydrogen) atoms. The lowest BCUT2D eigenvalue weighted by Gasteiger charge is -2.25. The molecule has 0 N–H and O–H groups in total. The van der Waals surface area contributed by atoms with Gasteiger partial charge in [0.1, 0.15) is 16.8 Å². The van der Waals surface area contributed by atoms with Crippen LogP contribution in [0.15, 0.2) is 24.3 Å². The molecule has 1 aromatic heterocycles. The molecule has 2 aromatic rings. The average Bonchev–Trinajstić information content (AvgIpc) is 2.54. The molecule has 3 rings (SSSR count). The molecule has 126 valence electrons. The van der Waals surface area contributed by atoms with Gasteiger partial charge >= 0.3 is 5.97 Å². The third kappa shape index (κ3) is 3.19. The predicted octanol–water partition coefficient (Wildman–Crippen LogP) is 3.94. The van der Waals surface area contributed by atoms with Crippen LogP contribution >= 0.6 is 11.6 Å². The molecule has 1 aliphatic rings. The van der Waals surface area contributed by atoms with Crippen molar-refractivity contribution < 1.29 is 23.0 Å². The summed E-state index contributed by atoms with van der Waals surface area (Å²) in [6, 6.07) is 4.82. The van der Waals surface area contributed by atoms with Crippen LogP contribution in [0.5, 0.6) is 5.88 Å². The number of nitrogens with zero attached hydrogens (tertiary/aromatic N) is 1. The fourth-order valence-corrected chi connectivity index (χ4v) is 2.86. The molecule has 0 spiro atoms. The molecule has 0 bridgehead atoms. The highest BCUT2D eigenvalue weighted by atomic mass is 35.5. The Balaban J connectivity index is 2.01. The highest BCUT2D eigenvalue weighted by Crippen LogP contribution is 2.37. The van der Waals surface area contributed by atoms with Crippen LogP contribution in [0.3, 0.4) is 0 Å². The van der Waals surface area contributed by atoms with Gasteiger partial charge in [-0.05, 0) is 43.5 Å². The lowest BCUT2D eigenvalue weighted by Crippen LogP contribution is -2.33. The van der Waals surface area contributed by atoms with E-state index in [1.165, 1.54) is 18.2 Å². The minimum Gasteiger partial charge on any atom is -0.463 e. The number of ether oxygens (including phenoxy) is 2. The second-order valence-electron chi connectivity index (χ2n) is 5.30. The molecule has 1 atom stereocenters. The van der Waals surface area contributed by atoms with Crippen molar-refractivity contribution in [2.24, 2.45) is 0 Å². The van der Waals surface area contributed by atoms with Crippen molar-refractivity contribution in [1.29, 1.82) is 0 Å². The highest BCUT2D eigenvalue weighted by molar-refractivity contribution is 6.29. The summed E-state index contributed by atoms with van der Waals surface area (Å²) in [5, 5.41) is 0.0944. The van der Waals surface area contributed by atoms with Crippen LogP contribution in [0.1, 0.15) is 18.9 Å². The Labute approximate surface area is 142 Å². The molecule has 1 unspecified atom stereocenters. The number of aromatic nitrogens is 1. The Hall–Kier alpha value is -2.21. The molecular formula is C17H14ClF2NO3. The first-order valence-electron chi connectivity index (χ1n) is 7.47. The van der Waals surface area contributed by atoms with E-state index in [-0.39, 0.29) is 23.2 Å². The van der Waals surface area contributed by atoms with Crippen LogP contribution in [-0.2, 0) is 16.0 Å². The van der Waals surface area contributed by atoms with Crippen LogP contribution in [0.4, 0.5) is 8.78 Å². The molecule has 0 radical (unpaired) electrons. The number of rotatable bonds is 3. The maximum Gasteiger partial charge on any atom is 0.347 e. The summed E-state index contributed by atoms with van der Waals surface area (Å²) >= 11 is 6.00. The van der Waals surface area contributed by atoms with Crippen molar-refractivity contribution in [3.63, 3.8) is 0 Å². The number of hydrogen-bond acceptors (Lipinski definition) is 4. The van der Waals surface area contributed by atoms with Crippen molar-refractivity contribution in [3.05, 3.63) is 46.6 Å². The number of fused-ring (bicyclic) bond motifs is 1. The van der Waals surface area contributed by atoms with Crippen molar-refractivity contribution in [3.8, 4) is 17.0 Å². The van der Waals surface area contributed by atoms with Gasteiger partial charge in [0, 0.05) is 17.2 Å². The largest absolute Gasteiger partial charge is 0.463 e. The second-order valence-corrected chi connectivity index (χ2v) is 5.68. The Morgan fingerprint density at radius 2 is 2.17 bits per heavy atom. The molecule has 0 saturated heterocycles. The Kier molecular flexibility index (Phi) is 4.66. The van der Waals surface area contributed by atoms with E-state index < -0.39 is 23.7 Å². The standard InChI is InChI=1S/C17H14ClF2NO3/c1-2-23-17(22)14-6-5-11-12(8-15(18)21-16(11)24-14)10-4-3-9(19)7-13(10)20/h3-4,7-8,14H,2,5-6H2,1H3. The first-order valence-corrected chi connectivity index (χ1v) is 7.85. The van der Waals surface area contributed by atoms with E-state index in [9.17, 15) is 13.6 Å². The smallest absolute Gasteiger partial charge is 0.347 e. The van der Waals surface area contributed by atoms with Gasteiger partial charge in [0.05, 0.1) is 6.61 Å². The van der Waals surface area contributed by atoms with Gasteiger partial charge in [-0.25, -0.2) is 18.6 Å².